The Kier molecular flexibility index (Phi) is 3.23. The van der Waals surface area contributed by atoms with Gasteiger partial charge in [-0.3, -0.25) is 0 Å². The summed E-state index contributed by atoms with van der Waals surface area (Å²) in [7, 11) is 1.68. The van der Waals surface area contributed by atoms with Crippen LogP contribution in [0.2, 0.25) is 0 Å². The Morgan fingerprint density at radius 2 is 2.33 bits per heavy atom. The van der Waals surface area contributed by atoms with Gasteiger partial charge < -0.3 is 15.2 Å². The monoisotopic (exact) mass is 207 g/mol. The minimum atomic E-state index is 0.103. The molecule has 0 spiro atoms. The van der Waals surface area contributed by atoms with Crippen LogP contribution in [0.3, 0.4) is 0 Å². The van der Waals surface area contributed by atoms with E-state index in [1.807, 2.05) is 12.1 Å². The molecule has 0 bridgehead atoms. The average Bonchev–Trinajstić information content (AvgIpc) is 2.30. The van der Waals surface area contributed by atoms with Crippen LogP contribution in [-0.2, 0) is 4.74 Å². The molecular weight excluding hydrogens is 190 g/mol. The summed E-state index contributed by atoms with van der Waals surface area (Å²) in [6.45, 7) is 1.46. The Bertz CT molecular complexity index is 327. The topological polar surface area (TPSA) is 44.5 Å². The molecule has 0 aromatic heterocycles. The van der Waals surface area contributed by atoms with E-state index in [1.165, 1.54) is 5.56 Å². The molecule has 3 heteroatoms. The number of methoxy groups -OCH3 is 1. The molecule has 0 unspecified atom stereocenters. The number of nitrogens with two attached hydrogens (primary N) is 1. The summed E-state index contributed by atoms with van der Waals surface area (Å²) in [6, 6.07) is 8.24. The van der Waals surface area contributed by atoms with Crippen molar-refractivity contribution in [2.45, 2.75) is 18.4 Å². The largest absolute Gasteiger partial charge is 0.497 e. The lowest BCUT2D eigenvalue weighted by molar-refractivity contribution is 0.0695. The van der Waals surface area contributed by atoms with E-state index >= 15 is 0 Å². The molecule has 2 atom stereocenters. The van der Waals surface area contributed by atoms with Crippen molar-refractivity contribution in [2.75, 3.05) is 20.3 Å². The fourth-order valence-electron chi connectivity index (χ4n) is 2.05. The molecule has 1 fully saturated rings. The van der Waals surface area contributed by atoms with Crippen LogP contribution in [0.1, 0.15) is 17.9 Å². The molecule has 82 valence electrons. The molecule has 1 aromatic carbocycles. The average molecular weight is 207 g/mol. The Morgan fingerprint density at radius 3 is 3.07 bits per heavy atom. The van der Waals surface area contributed by atoms with E-state index in [1.54, 1.807) is 7.11 Å². The molecule has 1 heterocycles. The van der Waals surface area contributed by atoms with Gasteiger partial charge in [0.1, 0.15) is 5.75 Å². The van der Waals surface area contributed by atoms with E-state index in [0.29, 0.717) is 12.5 Å². The van der Waals surface area contributed by atoms with Gasteiger partial charge in [0.25, 0.3) is 0 Å². The maximum Gasteiger partial charge on any atom is 0.119 e. The zero-order valence-electron chi connectivity index (χ0n) is 8.98. The van der Waals surface area contributed by atoms with E-state index in [9.17, 15) is 0 Å². The van der Waals surface area contributed by atoms with Crippen molar-refractivity contribution in [1.82, 2.24) is 0 Å². The third-order valence-corrected chi connectivity index (χ3v) is 2.92. The second kappa shape index (κ2) is 4.64. The van der Waals surface area contributed by atoms with Gasteiger partial charge in [0, 0.05) is 18.6 Å². The van der Waals surface area contributed by atoms with Crippen molar-refractivity contribution in [3.63, 3.8) is 0 Å². The predicted molar refractivity (Wildman–Crippen MR) is 59.1 cm³/mol. The second-order valence-electron chi connectivity index (χ2n) is 3.91. The Balaban J connectivity index is 2.19. The lowest BCUT2D eigenvalue weighted by atomic mass is 9.88. The molecule has 1 aliphatic heterocycles. The van der Waals surface area contributed by atoms with Crippen LogP contribution in [-0.4, -0.2) is 26.4 Å². The van der Waals surface area contributed by atoms with Gasteiger partial charge in [-0.05, 0) is 24.1 Å². The molecule has 3 nitrogen and oxygen atoms in total. The molecule has 0 saturated carbocycles. The van der Waals surface area contributed by atoms with E-state index in [-0.39, 0.29) is 6.04 Å². The summed E-state index contributed by atoms with van der Waals surface area (Å²) >= 11 is 0. The summed E-state index contributed by atoms with van der Waals surface area (Å²) in [5.74, 6) is 1.29. The number of ether oxygens (including phenoxy) is 2. The quantitative estimate of drug-likeness (QED) is 0.799. The molecular formula is C12H17NO2. The summed E-state index contributed by atoms with van der Waals surface area (Å²) in [6.07, 6.45) is 0.994. The van der Waals surface area contributed by atoms with Gasteiger partial charge in [0.2, 0.25) is 0 Å². The van der Waals surface area contributed by atoms with Gasteiger partial charge in [-0.15, -0.1) is 0 Å². The zero-order valence-corrected chi connectivity index (χ0v) is 8.98. The van der Waals surface area contributed by atoms with E-state index in [4.69, 9.17) is 15.2 Å². The third kappa shape index (κ3) is 2.30. The van der Waals surface area contributed by atoms with Crippen molar-refractivity contribution in [1.29, 1.82) is 0 Å². The van der Waals surface area contributed by atoms with Crippen LogP contribution in [0.5, 0.6) is 5.75 Å². The first-order valence-corrected chi connectivity index (χ1v) is 5.28. The molecule has 1 saturated heterocycles. The van der Waals surface area contributed by atoms with Crippen molar-refractivity contribution >= 4 is 0 Å². The maximum absolute atomic E-state index is 6.04. The van der Waals surface area contributed by atoms with E-state index in [0.717, 1.165) is 18.8 Å². The molecule has 2 rings (SSSR count). The van der Waals surface area contributed by atoms with Crippen LogP contribution >= 0.6 is 0 Å². The fourth-order valence-corrected chi connectivity index (χ4v) is 2.05. The Morgan fingerprint density at radius 1 is 1.47 bits per heavy atom. The highest BCUT2D eigenvalue weighted by atomic mass is 16.5. The smallest absolute Gasteiger partial charge is 0.119 e. The highest BCUT2D eigenvalue weighted by Crippen LogP contribution is 2.28. The Labute approximate surface area is 90.2 Å². The van der Waals surface area contributed by atoms with Crippen LogP contribution in [0.15, 0.2) is 24.3 Å². The van der Waals surface area contributed by atoms with Crippen LogP contribution in [0.25, 0.3) is 0 Å². The molecule has 0 radical (unpaired) electrons. The maximum atomic E-state index is 6.04. The van der Waals surface area contributed by atoms with Crippen molar-refractivity contribution in [3.05, 3.63) is 29.8 Å². The SMILES string of the molecule is COc1cccc([C@@H]2CCOC[C@@H]2N)c1. The summed E-state index contributed by atoms with van der Waals surface area (Å²) in [5, 5.41) is 0. The fraction of sp³-hybridized carbons (Fsp3) is 0.500. The van der Waals surface area contributed by atoms with Crippen molar-refractivity contribution in [2.24, 2.45) is 5.73 Å². The molecule has 0 amide bonds. The first kappa shape index (κ1) is 10.5. The van der Waals surface area contributed by atoms with E-state index < -0.39 is 0 Å². The second-order valence-corrected chi connectivity index (χ2v) is 3.91. The summed E-state index contributed by atoms with van der Waals surface area (Å²) in [4.78, 5) is 0. The van der Waals surface area contributed by atoms with Crippen molar-refractivity contribution < 1.29 is 9.47 Å². The number of benzene rings is 1. The number of hydrogen-bond acceptors (Lipinski definition) is 3. The first-order valence-electron chi connectivity index (χ1n) is 5.28. The minimum Gasteiger partial charge on any atom is -0.497 e. The van der Waals surface area contributed by atoms with Gasteiger partial charge in [-0.2, -0.15) is 0 Å². The Hall–Kier alpha value is -1.06. The standard InChI is InChI=1S/C12H17NO2/c1-14-10-4-2-3-9(7-10)11-5-6-15-8-12(11)13/h2-4,7,11-12H,5-6,8,13H2,1H3/t11-,12-/m0/s1. The normalized spacial score (nSPS) is 26.3. The van der Waals surface area contributed by atoms with Gasteiger partial charge in [-0.1, -0.05) is 12.1 Å². The summed E-state index contributed by atoms with van der Waals surface area (Å²) in [5.41, 5.74) is 7.29. The molecule has 15 heavy (non-hydrogen) atoms. The highest BCUT2D eigenvalue weighted by Gasteiger charge is 2.23. The predicted octanol–water partition coefficient (Wildman–Crippen LogP) is 1.53. The zero-order chi connectivity index (χ0) is 10.7. The highest BCUT2D eigenvalue weighted by molar-refractivity contribution is 5.31. The van der Waals surface area contributed by atoms with Crippen LogP contribution < -0.4 is 10.5 Å². The molecule has 1 aliphatic rings. The molecule has 1 aromatic rings. The van der Waals surface area contributed by atoms with Gasteiger partial charge >= 0.3 is 0 Å². The lowest BCUT2D eigenvalue weighted by Gasteiger charge is -2.29. The van der Waals surface area contributed by atoms with Crippen LogP contribution in [0.4, 0.5) is 0 Å². The van der Waals surface area contributed by atoms with Crippen LogP contribution in [0, 0.1) is 0 Å². The minimum absolute atomic E-state index is 0.103. The van der Waals surface area contributed by atoms with Gasteiger partial charge in [0.05, 0.1) is 13.7 Å². The summed E-state index contributed by atoms with van der Waals surface area (Å²) < 4.78 is 10.5. The van der Waals surface area contributed by atoms with Gasteiger partial charge in [0.15, 0.2) is 0 Å². The van der Waals surface area contributed by atoms with E-state index in [2.05, 4.69) is 12.1 Å². The molecule has 0 aliphatic carbocycles. The number of rotatable bonds is 2. The third-order valence-electron chi connectivity index (χ3n) is 2.92. The lowest BCUT2D eigenvalue weighted by Crippen LogP contribution is -2.37. The van der Waals surface area contributed by atoms with Crippen molar-refractivity contribution in [3.8, 4) is 5.75 Å². The molecule has 2 N–H and O–H groups in total. The first-order chi connectivity index (χ1) is 7.31. The van der Waals surface area contributed by atoms with Gasteiger partial charge in [-0.25, -0.2) is 0 Å². The number of hydrogen-bond donors (Lipinski definition) is 1.